The normalized spacial score (nSPS) is 15.8. The number of alkyl halides is 3. The molecule has 0 saturated carbocycles. The van der Waals surface area contributed by atoms with Crippen LogP contribution in [0.5, 0.6) is 0 Å². The first-order valence-electron chi connectivity index (χ1n) is 7.81. The van der Waals surface area contributed by atoms with Gasteiger partial charge in [-0.2, -0.15) is 13.2 Å². The number of nitrogens with zero attached hydrogens (tertiary/aromatic N) is 4. The lowest BCUT2D eigenvalue weighted by Crippen LogP contribution is -2.35. The van der Waals surface area contributed by atoms with E-state index in [9.17, 15) is 22.8 Å². The standard InChI is InChI=1S/C14H19F3N4O3S/c1-24-11(23)5-2-4-10(22)20-6-3-7-21(9-8-20)13-19-18-12(25-13)14(15,16)17/h2-9H2,1H3. The molecule has 0 atom stereocenters. The maximum atomic E-state index is 12.6. The highest BCUT2D eigenvalue weighted by molar-refractivity contribution is 7.15. The Morgan fingerprint density at radius 3 is 2.56 bits per heavy atom. The van der Waals surface area contributed by atoms with Gasteiger partial charge in [-0.1, -0.05) is 11.3 Å². The van der Waals surface area contributed by atoms with Crippen LogP contribution in [0.25, 0.3) is 0 Å². The summed E-state index contributed by atoms with van der Waals surface area (Å²) in [5.74, 6) is -0.425. The lowest BCUT2D eigenvalue weighted by molar-refractivity contribution is -0.141. The van der Waals surface area contributed by atoms with E-state index in [4.69, 9.17) is 0 Å². The second-order valence-corrected chi connectivity index (χ2v) is 6.49. The molecule has 1 aliphatic rings. The van der Waals surface area contributed by atoms with E-state index in [1.54, 1.807) is 9.80 Å². The largest absolute Gasteiger partial charge is 0.469 e. The summed E-state index contributed by atoms with van der Waals surface area (Å²) < 4.78 is 42.4. The summed E-state index contributed by atoms with van der Waals surface area (Å²) in [7, 11) is 1.30. The second-order valence-electron chi connectivity index (χ2n) is 5.54. The molecule has 1 aromatic heterocycles. The molecular weight excluding hydrogens is 361 g/mol. The van der Waals surface area contributed by atoms with Crippen molar-refractivity contribution in [1.29, 1.82) is 0 Å². The van der Waals surface area contributed by atoms with Crippen LogP contribution in [0.2, 0.25) is 0 Å². The highest BCUT2D eigenvalue weighted by Gasteiger charge is 2.36. The molecule has 11 heteroatoms. The number of methoxy groups -OCH3 is 1. The molecule has 2 heterocycles. The van der Waals surface area contributed by atoms with Gasteiger partial charge in [0.2, 0.25) is 16.0 Å². The zero-order chi connectivity index (χ0) is 18.4. The number of ether oxygens (including phenoxy) is 1. The number of carbonyl (C=O) groups is 2. The Bertz CT molecular complexity index is 608. The summed E-state index contributed by atoms with van der Waals surface area (Å²) in [4.78, 5) is 26.6. The molecular formula is C14H19F3N4O3S. The lowest BCUT2D eigenvalue weighted by atomic mass is 10.2. The average Bonchev–Trinajstić information content (AvgIpc) is 2.93. The van der Waals surface area contributed by atoms with Crippen LogP contribution in [0, 0.1) is 0 Å². The molecule has 140 valence electrons. The van der Waals surface area contributed by atoms with Crippen LogP contribution >= 0.6 is 11.3 Å². The van der Waals surface area contributed by atoms with E-state index in [2.05, 4.69) is 14.9 Å². The van der Waals surface area contributed by atoms with Crippen molar-refractivity contribution in [3.63, 3.8) is 0 Å². The van der Waals surface area contributed by atoms with Crippen LogP contribution in [0.3, 0.4) is 0 Å². The van der Waals surface area contributed by atoms with Gasteiger partial charge < -0.3 is 14.5 Å². The topological polar surface area (TPSA) is 75.6 Å². The average molecular weight is 380 g/mol. The number of amides is 1. The number of esters is 1. The third-order valence-corrected chi connectivity index (χ3v) is 4.80. The number of halogens is 3. The highest BCUT2D eigenvalue weighted by atomic mass is 32.1. The number of aromatic nitrogens is 2. The molecule has 2 rings (SSSR count). The lowest BCUT2D eigenvalue weighted by Gasteiger charge is -2.21. The van der Waals surface area contributed by atoms with Crippen molar-refractivity contribution in [2.75, 3.05) is 38.2 Å². The fraction of sp³-hybridized carbons (Fsp3) is 0.714. The van der Waals surface area contributed by atoms with Gasteiger partial charge >= 0.3 is 12.1 Å². The van der Waals surface area contributed by atoms with E-state index in [1.165, 1.54) is 7.11 Å². The number of hydrogen-bond acceptors (Lipinski definition) is 7. The molecule has 25 heavy (non-hydrogen) atoms. The Morgan fingerprint density at radius 1 is 1.16 bits per heavy atom. The van der Waals surface area contributed by atoms with Crippen molar-refractivity contribution >= 4 is 28.3 Å². The summed E-state index contributed by atoms with van der Waals surface area (Å²) >= 11 is 0.509. The first-order chi connectivity index (χ1) is 11.8. The van der Waals surface area contributed by atoms with Gasteiger partial charge in [-0.3, -0.25) is 9.59 Å². The minimum Gasteiger partial charge on any atom is -0.469 e. The minimum absolute atomic E-state index is 0.0704. The van der Waals surface area contributed by atoms with Crippen LogP contribution in [0.15, 0.2) is 0 Å². The summed E-state index contributed by atoms with van der Waals surface area (Å²) in [6, 6.07) is 0. The molecule has 1 fully saturated rings. The first-order valence-corrected chi connectivity index (χ1v) is 8.63. The molecule has 1 aliphatic heterocycles. The monoisotopic (exact) mass is 380 g/mol. The third kappa shape index (κ3) is 5.55. The Kier molecular flexibility index (Phi) is 6.57. The Hall–Kier alpha value is -1.91. The van der Waals surface area contributed by atoms with Gasteiger partial charge in [-0.15, -0.1) is 10.2 Å². The molecule has 1 aromatic rings. The fourth-order valence-corrected chi connectivity index (χ4v) is 3.22. The second kappa shape index (κ2) is 8.45. The quantitative estimate of drug-likeness (QED) is 0.727. The predicted molar refractivity (Wildman–Crippen MR) is 84.2 cm³/mol. The number of carbonyl (C=O) groups excluding carboxylic acids is 2. The smallest absolute Gasteiger partial charge is 0.445 e. The van der Waals surface area contributed by atoms with Crippen molar-refractivity contribution in [3.8, 4) is 0 Å². The molecule has 1 amide bonds. The Labute approximate surface area is 146 Å². The number of rotatable bonds is 5. The van der Waals surface area contributed by atoms with E-state index in [1.807, 2.05) is 0 Å². The van der Waals surface area contributed by atoms with Gasteiger partial charge in [0.05, 0.1) is 7.11 Å². The van der Waals surface area contributed by atoms with Crippen molar-refractivity contribution in [3.05, 3.63) is 5.01 Å². The molecule has 0 bridgehead atoms. The maximum absolute atomic E-state index is 12.6. The van der Waals surface area contributed by atoms with Gasteiger partial charge in [-0.05, 0) is 12.8 Å². The molecule has 0 unspecified atom stereocenters. The first kappa shape index (κ1) is 19.4. The van der Waals surface area contributed by atoms with E-state index < -0.39 is 11.2 Å². The third-order valence-electron chi connectivity index (χ3n) is 3.78. The van der Waals surface area contributed by atoms with E-state index >= 15 is 0 Å². The SMILES string of the molecule is COC(=O)CCCC(=O)N1CCCN(c2nnc(C(F)(F)F)s2)CC1. The van der Waals surface area contributed by atoms with E-state index in [0.29, 0.717) is 50.4 Å². The van der Waals surface area contributed by atoms with Crippen molar-refractivity contribution in [2.24, 2.45) is 0 Å². The van der Waals surface area contributed by atoms with Crippen LogP contribution in [-0.4, -0.2) is 60.3 Å². The van der Waals surface area contributed by atoms with Crippen LogP contribution in [0.4, 0.5) is 18.3 Å². The molecule has 0 aliphatic carbocycles. The van der Waals surface area contributed by atoms with Gasteiger partial charge in [-0.25, -0.2) is 0 Å². The minimum atomic E-state index is -4.50. The van der Waals surface area contributed by atoms with Crippen LogP contribution in [-0.2, 0) is 20.5 Å². The Balaban J connectivity index is 1.86. The molecule has 7 nitrogen and oxygen atoms in total. The summed E-state index contributed by atoms with van der Waals surface area (Å²) in [5.41, 5.74) is 0. The van der Waals surface area contributed by atoms with Crippen molar-refractivity contribution in [1.82, 2.24) is 15.1 Å². The molecule has 0 N–H and O–H groups in total. The van der Waals surface area contributed by atoms with Gasteiger partial charge in [0.25, 0.3) is 0 Å². The Morgan fingerprint density at radius 2 is 1.92 bits per heavy atom. The molecule has 1 saturated heterocycles. The summed E-state index contributed by atoms with van der Waals surface area (Å²) in [6.45, 7) is 1.84. The van der Waals surface area contributed by atoms with Gasteiger partial charge in [0.15, 0.2) is 0 Å². The predicted octanol–water partition coefficient (Wildman–Crippen LogP) is 1.94. The van der Waals surface area contributed by atoms with Crippen LogP contribution < -0.4 is 4.90 Å². The summed E-state index contributed by atoms with van der Waals surface area (Å²) in [5, 5.41) is 6.05. The van der Waals surface area contributed by atoms with Gasteiger partial charge in [0.1, 0.15) is 0 Å². The fourth-order valence-electron chi connectivity index (χ4n) is 2.46. The number of anilines is 1. The zero-order valence-corrected chi connectivity index (χ0v) is 14.5. The number of hydrogen-bond donors (Lipinski definition) is 0. The van der Waals surface area contributed by atoms with E-state index in [0.717, 1.165) is 0 Å². The molecule has 0 radical (unpaired) electrons. The zero-order valence-electron chi connectivity index (χ0n) is 13.7. The van der Waals surface area contributed by atoms with Crippen molar-refractivity contribution in [2.45, 2.75) is 31.9 Å². The van der Waals surface area contributed by atoms with Gasteiger partial charge in [0, 0.05) is 39.0 Å². The summed E-state index contributed by atoms with van der Waals surface area (Å²) in [6.07, 6.45) is -3.02. The van der Waals surface area contributed by atoms with E-state index in [-0.39, 0.29) is 29.8 Å². The molecule has 0 aromatic carbocycles. The molecule has 0 spiro atoms. The van der Waals surface area contributed by atoms with Crippen LogP contribution in [0.1, 0.15) is 30.7 Å². The highest BCUT2D eigenvalue weighted by Crippen LogP contribution is 2.34. The maximum Gasteiger partial charge on any atom is 0.445 e. The van der Waals surface area contributed by atoms with Crippen molar-refractivity contribution < 1.29 is 27.5 Å².